The highest BCUT2D eigenvalue weighted by molar-refractivity contribution is 5.79. The molecule has 2 N–H and O–H groups in total. The lowest BCUT2D eigenvalue weighted by Crippen LogP contribution is -2.45. The molecular formula is C8H17NO2. The monoisotopic (exact) mass is 159 g/mol. The number of carbonyl (C=O) groups excluding carboxylic acids is 1. The molecule has 0 aromatic carbocycles. The van der Waals surface area contributed by atoms with Crippen LogP contribution in [0.5, 0.6) is 0 Å². The van der Waals surface area contributed by atoms with E-state index in [0.717, 1.165) is 6.42 Å². The smallest absolute Gasteiger partial charge is 0.325 e. The van der Waals surface area contributed by atoms with E-state index >= 15 is 0 Å². The van der Waals surface area contributed by atoms with Crippen molar-refractivity contribution in [2.24, 2.45) is 5.73 Å². The van der Waals surface area contributed by atoms with E-state index in [1.807, 2.05) is 6.92 Å². The summed E-state index contributed by atoms with van der Waals surface area (Å²) < 4.78 is 4.80. The highest BCUT2D eigenvalue weighted by Gasteiger charge is 2.28. The Balaban J connectivity index is 3.94. The summed E-state index contributed by atoms with van der Waals surface area (Å²) in [5.41, 5.74) is 4.88. The Morgan fingerprint density at radius 3 is 2.45 bits per heavy atom. The van der Waals surface area contributed by atoms with Crippen molar-refractivity contribution in [2.75, 3.05) is 6.61 Å². The minimum Gasteiger partial charge on any atom is -0.465 e. The van der Waals surface area contributed by atoms with Crippen molar-refractivity contribution in [1.82, 2.24) is 0 Å². The zero-order valence-corrected chi connectivity index (χ0v) is 7.52. The van der Waals surface area contributed by atoms with Crippen LogP contribution in [0.15, 0.2) is 0 Å². The topological polar surface area (TPSA) is 52.3 Å². The summed E-state index contributed by atoms with van der Waals surface area (Å²) >= 11 is 0. The molecule has 1 atom stereocenters. The molecule has 3 heteroatoms. The van der Waals surface area contributed by atoms with E-state index in [-0.39, 0.29) is 5.97 Å². The standard InChI is InChI=1S/C8H17NO2/c1-4-6-8(3,9)7(10)11-5-2/h4-6,9H2,1-3H3/t8-/m0/s1. The van der Waals surface area contributed by atoms with E-state index in [9.17, 15) is 4.79 Å². The van der Waals surface area contributed by atoms with Crippen LogP contribution in [-0.4, -0.2) is 18.1 Å². The van der Waals surface area contributed by atoms with Crippen molar-refractivity contribution in [2.45, 2.75) is 39.2 Å². The largest absolute Gasteiger partial charge is 0.465 e. The van der Waals surface area contributed by atoms with E-state index in [0.29, 0.717) is 13.0 Å². The van der Waals surface area contributed by atoms with Crippen LogP contribution in [0.4, 0.5) is 0 Å². The summed E-state index contributed by atoms with van der Waals surface area (Å²) in [6.45, 7) is 5.87. The van der Waals surface area contributed by atoms with Crippen molar-refractivity contribution >= 4 is 5.97 Å². The van der Waals surface area contributed by atoms with Gasteiger partial charge in [0.2, 0.25) is 0 Å². The predicted octanol–water partition coefficient (Wildman–Crippen LogP) is 1.07. The fraction of sp³-hybridized carbons (Fsp3) is 0.875. The Morgan fingerprint density at radius 1 is 1.55 bits per heavy atom. The van der Waals surface area contributed by atoms with Crippen molar-refractivity contribution < 1.29 is 9.53 Å². The first kappa shape index (κ1) is 10.4. The minimum absolute atomic E-state index is 0.304. The van der Waals surface area contributed by atoms with E-state index in [4.69, 9.17) is 10.5 Å². The van der Waals surface area contributed by atoms with Gasteiger partial charge in [-0.25, -0.2) is 0 Å². The van der Waals surface area contributed by atoms with Crippen LogP contribution in [0.2, 0.25) is 0 Å². The highest BCUT2D eigenvalue weighted by Crippen LogP contribution is 2.10. The molecule has 0 unspecified atom stereocenters. The molecule has 0 aliphatic heterocycles. The molecule has 0 aromatic rings. The Hall–Kier alpha value is -0.570. The van der Waals surface area contributed by atoms with Gasteiger partial charge >= 0.3 is 5.97 Å². The Morgan fingerprint density at radius 2 is 2.09 bits per heavy atom. The number of nitrogens with two attached hydrogens (primary N) is 1. The van der Waals surface area contributed by atoms with Gasteiger partial charge < -0.3 is 10.5 Å². The third-order valence-electron chi connectivity index (χ3n) is 1.51. The molecule has 0 radical (unpaired) electrons. The molecule has 0 aromatic heterocycles. The number of carbonyl (C=O) groups is 1. The molecule has 0 aliphatic carbocycles. The van der Waals surface area contributed by atoms with Crippen molar-refractivity contribution in [3.8, 4) is 0 Å². The maximum absolute atomic E-state index is 11.1. The lowest BCUT2D eigenvalue weighted by atomic mass is 9.98. The summed E-state index contributed by atoms with van der Waals surface area (Å²) in [7, 11) is 0. The molecule has 0 aliphatic rings. The lowest BCUT2D eigenvalue weighted by molar-refractivity contribution is -0.149. The van der Waals surface area contributed by atoms with Gasteiger partial charge in [0, 0.05) is 0 Å². The first-order valence-corrected chi connectivity index (χ1v) is 4.00. The van der Waals surface area contributed by atoms with Crippen LogP contribution in [0, 0.1) is 0 Å². The Bertz CT molecular complexity index is 132. The summed E-state index contributed by atoms with van der Waals surface area (Å²) in [4.78, 5) is 11.1. The first-order valence-electron chi connectivity index (χ1n) is 4.00. The van der Waals surface area contributed by atoms with Gasteiger partial charge in [0.15, 0.2) is 0 Å². The second-order valence-corrected chi connectivity index (χ2v) is 2.89. The Kier molecular flexibility index (Phi) is 4.11. The zero-order chi connectivity index (χ0) is 8.91. The number of rotatable bonds is 4. The van der Waals surface area contributed by atoms with Crippen LogP contribution in [0.25, 0.3) is 0 Å². The van der Waals surface area contributed by atoms with Gasteiger partial charge in [0.05, 0.1) is 6.61 Å². The van der Waals surface area contributed by atoms with Crippen LogP contribution in [-0.2, 0) is 9.53 Å². The van der Waals surface area contributed by atoms with Crippen LogP contribution in [0.1, 0.15) is 33.6 Å². The molecule has 0 saturated carbocycles. The third kappa shape index (κ3) is 3.37. The van der Waals surface area contributed by atoms with E-state index in [1.165, 1.54) is 0 Å². The van der Waals surface area contributed by atoms with E-state index in [1.54, 1.807) is 13.8 Å². The molecule has 0 fully saturated rings. The summed E-state index contributed by atoms with van der Waals surface area (Å²) in [5, 5.41) is 0. The van der Waals surface area contributed by atoms with Crippen molar-refractivity contribution in [3.63, 3.8) is 0 Å². The zero-order valence-electron chi connectivity index (χ0n) is 7.52. The molecule has 0 spiro atoms. The molecule has 0 heterocycles. The maximum atomic E-state index is 11.1. The number of ether oxygens (including phenoxy) is 1. The van der Waals surface area contributed by atoms with E-state index in [2.05, 4.69) is 0 Å². The van der Waals surface area contributed by atoms with Crippen molar-refractivity contribution in [3.05, 3.63) is 0 Å². The lowest BCUT2D eigenvalue weighted by Gasteiger charge is -2.20. The summed E-state index contributed by atoms with van der Waals surface area (Å²) in [5.74, 6) is -0.304. The average molecular weight is 159 g/mol. The van der Waals surface area contributed by atoms with Gasteiger partial charge in [-0.05, 0) is 20.3 Å². The second-order valence-electron chi connectivity index (χ2n) is 2.89. The predicted molar refractivity (Wildman–Crippen MR) is 44.1 cm³/mol. The van der Waals surface area contributed by atoms with Gasteiger partial charge in [-0.15, -0.1) is 0 Å². The summed E-state index contributed by atoms with van der Waals surface area (Å²) in [6, 6.07) is 0. The molecule has 3 nitrogen and oxygen atoms in total. The molecule has 0 bridgehead atoms. The van der Waals surface area contributed by atoms with Crippen LogP contribution < -0.4 is 5.73 Å². The molecule has 0 amide bonds. The van der Waals surface area contributed by atoms with Gasteiger partial charge in [-0.1, -0.05) is 13.3 Å². The minimum atomic E-state index is -0.801. The van der Waals surface area contributed by atoms with Crippen molar-refractivity contribution in [1.29, 1.82) is 0 Å². The third-order valence-corrected chi connectivity index (χ3v) is 1.51. The highest BCUT2D eigenvalue weighted by atomic mass is 16.5. The fourth-order valence-electron chi connectivity index (χ4n) is 0.917. The van der Waals surface area contributed by atoms with E-state index < -0.39 is 5.54 Å². The van der Waals surface area contributed by atoms with Crippen LogP contribution in [0.3, 0.4) is 0 Å². The quantitative estimate of drug-likeness (QED) is 0.624. The molecule has 0 saturated heterocycles. The number of esters is 1. The average Bonchev–Trinajstić information content (AvgIpc) is 1.88. The molecule has 0 rings (SSSR count). The maximum Gasteiger partial charge on any atom is 0.325 e. The van der Waals surface area contributed by atoms with Crippen LogP contribution >= 0.6 is 0 Å². The molecule has 11 heavy (non-hydrogen) atoms. The summed E-state index contributed by atoms with van der Waals surface area (Å²) in [6.07, 6.45) is 1.57. The molecular weight excluding hydrogens is 142 g/mol. The van der Waals surface area contributed by atoms with Gasteiger partial charge in [-0.3, -0.25) is 4.79 Å². The second kappa shape index (κ2) is 4.34. The molecule has 66 valence electrons. The SMILES string of the molecule is CCC[C@](C)(N)C(=O)OCC. The van der Waals surface area contributed by atoms with Gasteiger partial charge in [0.25, 0.3) is 0 Å². The normalized spacial score (nSPS) is 15.6. The first-order chi connectivity index (χ1) is 5.04. The fourth-order valence-corrected chi connectivity index (χ4v) is 0.917. The van der Waals surface area contributed by atoms with Gasteiger partial charge in [-0.2, -0.15) is 0 Å². The number of hydrogen-bond donors (Lipinski definition) is 1. The number of hydrogen-bond acceptors (Lipinski definition) is 3. The van der Waals surface area contributed by atoms with Gasteiger partial charge in [0.1, 0.15) is 5.54 Å². The Labute approximate surface area is 67.9 Å².